The second-order valence-electron chi connectivity index (χ2n) is 5.89. The van der Waals surface area contributed by atoms with Crippen molar-refractivity contribution in [2.75, 3.05) is 5.32 Å². The predicted molar refractivity (Wildman–Crippen MR) is 102 cm³/mol. The molecular weight excluding hydrogens is 422 g/mol. The number of nitro groups is 1. The molecule has 3 aromatic carbocycles. The van der Waals surface area contributed by atoms with Crippen LogP contribution >= 0.6 is 0 Å². The molecule has 8 nitrogen and oxygen atoms in total. The zero-order valence-corrected chi connectivity index (χ0v) is 15.7. The van der Waals surface area contributed by atoms with Gasteiger partial charge in [0.15, 0.2) is 0 Å². The number of nitrogens with zero attached hydrogens (tertiary/aromatic N) is 1. The highest BCUT2D eigenvalue weighted by atomic mass is 32.2. The third kappa shape index (κ3) is 4.75. The highest BCUT2D eigenvalue weighted by Gasteiger charge is 2.20. The molecule has 0 aliphatic rings. The van der Waals surface area contributed by atoms with Crippen LogP contribution < -0.4 is 9.50 Å². The number of hydrogen-bond donors (Lipinski definition) is 1. The molecule has 0 heterocycles. The van der Waals surface area contributed by atoms with Crippen LogP contribution in [0.1, 0.15) is 10.4 Å². The lowest BCUT2D eigenvalue weighted by Gasteiger charge is -2.09. The molecule has 3 rings (SSSR count). The molecule has 0 saturated carbocycles. The lowest BCUT2D eigenvalue weighted by atomic mass is 10.2. The summed E-state index contributed by atoms with van der Waals surface area (Å²) in [7, 11) is -4.36. The smallest absolute Gasteiger partial charge is 0.339 e. The maximum Gasteiger partial charge on any atom is 0.339 e. The first kappa shape index (κ1) is 20.9. The van der Waals surface area contributed by atoms with Gasteiger partial charge in [0.2, 0.25) is 0 Å². The summed E-state index contributed by atoms with van der Waals surface area (Å²) < 4.78 is 56.3. The third-order valence-corrected chi connectivity index (χ3v) is 5.06. The highest BCUT2D eigenvalue weighted by Crippen LogP contribution is 2.23. The zero-order valence-electron chi connectivity index (χ0n) is 14.9. The van der Waals surface area contributed by atoms with Gasteiger partial charge in [0.25, 0.3) is 11.6 Å². The van der Waals surface area contributed by atoms with Gasteiger partial charge in [-0.1, -0.05) is 6.07 Å². The number of halogens is 2. The van der Waals surface area contributed by atoms with Crippen molar-refractivity contribution in [3.63, 3.8) is 0 Å². The normalized spacial score (nSPS) is 11.0. The molecule has 0 aliphatic heterocycles. The SMILES string of the molecule is O=C(Nc1cc(F)ccc1F)c1ccc(OS(=O)(=O)c2cccc([N+](=O)[O-])c2)cc1. The Balaban J connectivity index is 1.75. The molecule has 154 valence electrons. The largest absolute Gasteiger partial charge is 0.379 e. The number of nitrogens with one attached hydrogen (secondary N) is 1. The fourth-order valence-corrected chi connectivity index (χ4v) is 3.35. The van der Waals surface area contributed by atoms with E-state index in [1.165, 1.54) is 30.3 Å². The van der Waals surface area contributed by atoms with E-state index in [2.05, 4.69) is 5.32 Å². The molecule has 1 N–H and O–H groups in total. The summed E-state index contributed by atoms with van der Waals surface area (Å²) in [6.45, 7) is 0. The molecule has 0 bridgehead atoms. The van der Waals surface area contributed by atoms with E-state index in [-0.39, 0.29) is 17.0 Å². The minimum atomic E-state index is -4.36. The number of rotatable bonds is 6. The summed E-state index contributed by atoms with van der Waals surface area (Å²) in [5, 5.41) is 13.0. The Morgan fingerprint density at radius 2 is 1.70 bits per heavy atom. The molecule has 0 aliphatic carbocycles. The second kappa shape index (κ2) is 8.25. The Bertz CT molecular complexity index is 1230. The van der Waals surface area contributed by atoms with E-state index in [4.69, 9.17) is 4.18 Å². The van der Waals surface area contributed by atoms with Crippen molar-refractivity contribution >= 4 is 27.4 Å². The van der Waals surface area contributed by atoms with Crippen molar-refractivity contribution in [1.82, 2.24) is 0 Å². The van der Waals surface area contributed by atoms with Gasteiger partial charge in [0.1, 0.15) is 22.3 Å². The van der Waals surface area contributed by atoms with Crippen LogP contribution in [0.15, 0.2) is 71.6 Å². The number of nitro benzene ring substituents is 1. The van der Waals surface area contributed by atoms with Gasteiger partial charge < -0.3 is 9.50 Å². The molecule has 1 amide bonds. The number of amides is 1. The summed E-state index contributed by atoms with van der Waals surface area (Å²) >= 11 is 0. The van der Waals surface area contributed by atoms with Crippen LogP contribution in [0.3, 0.4) is 0 Å². The van der Waals surface area contributed by atoms with Crippen molar-refractivity contribution in [2.45, 2.75) is 4.90 Å². The summed E-state index contributed by atoms with van der Waals surface area (Å²) in [5.74, 6) is -2.47. The molecule has 0 saturated heterocycles. The first-order chi connectivity index (χ1) is 14.2. The first-order valence-corrected chi connectivity index (χ1v) is 9.62. The third-order valence-electron chi connectivity index (χ3n) is 3.82. The molecule has 0 aromatic heterocycles. The summed E-state index contributed by atoms with van der Waals surface area (Å²) in [6.07, 6.45) is 0. The van der Waals surface area contributed by atoms with Crippen molar-refractivity contribution in [1.29, 1.82) is 0 Å². The average molecular weight is 434 g/mol. The van der Waals surface area contributed by atoms with Crippen LogP contribution in [0, 0.1) is 21.7 Å². The van der Waals surface area contributed by atoms with Crippen molar-refractivity contribution in [2.24, 2.45) is 0 Å². The van der Waals surface area contributed by atoms with Gasteiger partial charge in [-0.3, -0.25) is 14.9 Å². The van der Waals surface area contributed by atoms with Gasteiger partial charge in [-0.05, 0) is 42.5 Å². The minimum Gasteiger partial charge on any atom is -0.379 e. The van der Waals surface area contributed by atoms with Crippen molar-refractivity contribution < 1.29 is 31.1 Å². The van der Waals surface area contributed by atoms with Gasteiger partial charge in [0.05, 0.1) is 10.6 Å². The average Bonchev–Trinajstić information content (AvgIpc) is 2.71. The number of non-ortho nitro benzene ring substituents is 1. The second-order valence-corrected chi connectivity index (χ2v) is 7.44. The summed E-state index contributed by atoms with van der Waals surface area (Å²) in [5.41, 5.74) is -0.747. The first-order valence-electron chi connectivity index (χ1n) is 8.21. The van der Waals surface area contributed by atoms with E-state index in [9.17, 15) is 32.1 Å². The van der Waals surface area contributed by atoms with Crippen LogP contribution in [0.2, 0.25) is 0 Å². The number of carbonyl (C=O) groups is 1. The number of benzene rings is 3. The molecule has 3 aromatic rings. The van der Waals surface area contributed by atoms with Gasteiger partial charge >= 0.3 is 10.1 Å². The van der Waals surface area contributed by atoms with Crippen LogP contribution in [-0.2, 0) is 10.1 Å². The predicted octanol–water partition coefficient (Wildman–Crippen LogP) is 3.89. The lowest BCUT2D eigenvalue weighted by molar-refractivity contribution is -0.385. The van der Waals surface area contributed by atoms with E-state index in [1.807, 2.05) is 0 Å². The Morgan fingerprint density at radius 3 is 2.37 bits per heavy atom. The Hall–Kier alpha value is -3.86. The van der Waals surface area contributed by atoms with Gasteiger partial charge in [-0.2, -0.15) is 8.42 Å². The van der Waals surface area contributed by atoms with Crippen LogP contribution in [0.4, 0.5) is 20.2 Å². The van der Waals surface area contributed by atoms with E-state index in [0.717, 1.165) is 36.4 Å². The number of carbonyl (C=O) groups excluding carboxylic acids is 1. The topological polar surface area (TPSA) is 116 Å². The fourth-order valence-electron chi connectivity index (χ4n) is 2.38. The van der Waals surface area contributed by atoms with E-state index in [0.29, 0.717) is 0 Å². The monoisotopic (exact) mass is 434 g/mol. The lowest BCUT2D eigenvalue weighted by Crippen LogP contribution is -2.13. The number of anilines is 1. The van der Waals surface area contributed by atoms with E-state index in [1.54, 1.807) is 0 Å². The van der Waals surface area contributed by atoms with Crippen LogP contribution in [-0.4, -0.2) is 19.2 Å². The Kier molecular flexibility index (Phi) is 5.74. The maximum atomic E-state index is 13.6. The van der Waals surface area contributed by atoms with Crippen molar-refractivity contribution in [3.05, 3.63) is 94.0 Å². The van der Waals surface area contributed by atoms with Gasteiger partial charge in [-0.15, -0.1) is 0 Å². The van der Waals surface area contributed by atoms with Crippen LogP contribution in [0.5, 0.6) is 5.75 Å². The highest BCUT2D eigenvalue weighted by molar-refractivity contribution is 7.87. The molecule has 0 fully saturated rings. The van der Waals surface area contributed by atoms with Gasteiger partial charge in [0, 0.05) is 23.8 Å². The van der Waals surface area contributed by atoms with Gasteiger partial charge in [-0.25, -0.2) is 8.78 Å². The van der Waals surface area contributed by atoms with Crippen LogP contribution in [0.25, 0.3) is 0 Å². The fraction of sp³-hybridized carbons (Fsp3) is 0. The standard InChI is InChI=1S/C19H12F2N2O6S/c20-13-6-9-17(21)18(10-13)22-19(24)12-4-7-15(8-5-12)29-30(27,28)16-3-1-2-14(11-16)23(25)26/h1-11H,(H,22,24). The van der Waals surface area contributed by atoms with Crippen molar-refractivity contribution in [3.8, 4) is 5.75 Å². The number of hydrogen-bond acceptors (Lipinski definition) is 6. The molecular formula is C19H12F2N2O6S. The van der Waals surface area contributed by atoms with E-state index < -0.39 is 43.2 Å². The molecule has 0 unspecified atom stereocenters. The molecule has 0 radical (unpaired) electrons. The molecule has 11 heteroatoms. The Labute approximate surface area is 169 Å². The maximum absolute atomic E-state index is 13.6. The quantitative estimate of drug-likeness (QED) is 0.357. The summed E-state index contributed by atoms with van der Waals surface area (Å²) in [6, 6.07) is 11.7. The molecule has 30 heavy (non-hydrogen) atoms. The summed E-state index contributed by atoms with van der Waals surface area (Å²) in [4.78, 5) is 21.8. The molecule has 0 spiro atoms. The molecule has 0 atom stereocenters. The zero-order chi connectivity index (χ0) is 21.9. The van der Waals surface area contributed by atoms with E-state index >= 15 is 0 Å². The Morgan fingerprint density at radius 1 is 1.00 bits per heavy atom. The minimum absolute atomic E-state index is 0.0266.